The molecule has 0 aromatic rings. The number of aliphatic imine (C=N–C) groups is 1. The van der Waals surface area contributed by atoms with E-state index in [9.17, 15) is 4.79 Å². The van der Waals surface area contributed by atoms with Gasteiger partial charge in [0.2, 0.25) is 5.91 Å². The summed E-state index contributed by atoms with van der Waals surface area (Å²) in [5.41, 5.74) is 1.07. The fourth-order valence-corrected chi connectivity index (χ4v) is 4.28. The summed E-state index contributed by atoms with van der Waals surface area (Å²) in [6.45, 7) is 10.2. The van der Waals surface area contributed by atoms with E-state index < -0.39 is 0 Å². The van der Waals surface area contributed by atoms with Crippen molar-refractivity contribution in [1.82, 2.24) is 20.0 Å². The van der Waals surface area contributed by atoms with Crippen molar-refractivity contribution in [3.63, 3.8) is 0 Å². The van der Waals surface area contributed by atoms with E-state index in [1.807, 2.05) is 6.92 Å². The van der Waals surface area contributed by atoms with E-state index in [1.54, 1.807) is 19.0 Å². The molecular formula is C20H35N5O. The molecule has 2 aliphatic heterocycles. The molecule has 26 heavy (non-hydrogen) atoms. The summed E-state index contributed by atoms with van der Waals surface area (Å²) in [6.07, 6.45) is 6.63. The number of guanidine groups is 1. The first kappa shape index (κ1) is 19.2. The van der Waals surface area contributed by atoms with Crippen molar-refractivity contribution in [2.24, 2.45) is 10.9 Å². The Morgan fingerprint density at radius 3 is 2.65 bits per heavy atom. The van der Waals surface area contributed by atoms with Crippen LogP contribution in [0.3, 0.4) is 0 Å². The van der Waals surface area contributed by atoms with Crippen molar-refractivity contribution < 1.29 is 4.79 Å². The number of fused-ring (bicyclic) bond motifs is 1. The summed E-state index contributed by atoms with van der Waals surface area (Å²) in [4.78, 5) is 23.4. The van der Waals surface area contributed by atoms with Gasteiger partial charge in [-0.3, -0.25) is 9.69 Å². The lowest BCUT2D eigenvalue weighted by atomic mass is 9.83. The summed E-state index contributed by atoms with van der Waals surface area (Å²) in [7, 11) is 3.55. The third-order valence-corrected chi connectivity index (χ3v) is 5.84. The molecule has 6 nitrogen and oxygen atoms in total. The Morgan fingerprint density at radius 2 is 2.00 bits per heavy atom. The van der Waals surface area contributed by atoms with Crippen molar-refractivity contribution in [3.05, 3.63) is 12.2 Å². The first-order valence-corrected chi connectivity index (χ1v) is 10.1. The molecule has 2 atom stereocenters. The van der Waals surface area contributed by atoms with Crippen molar-refractivity contribution in [3.8, 4) is 0 Å². The fraction of sp³-hybridized carbons (Fsp3) is 0.800. The number of hydrogen-bond acceptors (Lipinski definition) is 3. The molecule has 1 N–H and O–H groups in total. The Kier molecular flexibility index (Phi) is 6.22. The number of likely N-dealkylation sites (N-methyl/N-ethyl adjacent to an activating group) is 1. The van der Waals surface area contributed by atoms with E-state index >= 15 is 0 Å². The molecule has 2 unspecified atom stereocenters. The van der Waals surface area contributed by atoms with Gasteiger partial charge in [-0.2, -0.15) is 0 Å². The van der Waals surface area contributed by atoms with Crippen LogP contribution in [0.15, 0.2) is 17.1 Å². The van der Waals surface area contributed by atoms with Crippen LogP contribution in [0, 0.1) is 5.92 Å². The van der Waals surface area contributed by atoms with E-state index in [0.29, 0.717) is 6.54 Å². The van der Waals surface area contributed by atoms with Crippen molar-refractivity contribution >= 4 is 11.9 Å². The van der Waals surface area contributed by atoms with Gasteiger partial charge >= 0.3 is 0 Å². The monoisotopic (exact) mass is 361 g/mol. The van der Waals surface area contributed by atoms with Crippen LogP contribution in [0.25, 0.3) is 0 Å². The molecule has 146 valence electrons. The summed E-state index contributed by atoms with van der Waals surface area (Å²) in [5.74, 6) is 1.62. The van der Waals surface area contributed by atoms with Crippen LogP contribution in [0.2, 0.25) is 0 Å². The minimum Gasteiger partial charge on any atom is -0.353 e. The molecule has 0 bridgehead atoms. The summed E-state index contributed by atoms with van der Waals surface area (Å²) in [6, 6.07) is 1.61. The van der Waals surface area contributed by atoms with E-state index in [1.165, 1.54) is 38.6 Å². The van der Waals surface area contributed by atoms with Crippen LogP contribution < -0.4 is 5.32 Å². The zero-order chi connectivity index (χ0) is 18.7. The van der Waals surface area contributed by atoms with Crippen molar-refractivity contribution in [2.75, 3.05) is 46.8 Å². The normalized spacial score (nSPS) is 27.0. The highest BCUT2D eigenvalue weighted by Gasteiger charge is 2.42. The number of carbonyl (C=O) groups excluding carboxylic acids is 1. The molecule has 3 aliphatic rings. The maximum atomic E-state index is 12.0. The van der Waals surface area contributed by atoms with Gasteiger partial charge in [0.25, 0.3) is 0 Å². The number of hydrogen-bond donors (Lipinski definition) is 1. The zero-order valence-electron chi connectivity index (χ0n) is 16.7. The van der Waals surface area contributed by atoms with Crippen molar-refractivity contribution in [2.45, 2.75) is 51.1 Å². The second-order valence-corrected chi connectivity index (χ2v) is 8.41. The van der Waals surface area contributed by atoms with Gasteiger partial charge in [-0.05, 0) is 51.5 Å². The highest BCUT2D eigenvalue weighted by Crippen LogP contribution is 2.38. The average molecular weight is 362 g/mol. The molecule has 1 saturated carbocycles. The molecule has 0 aromatic heterocycles. The van der Waals surface area contributed by atoms with E-state index in [-0.39, 0.29) is 12.5 Å². The van der Waals surface area contributed by atoms with Crippen molar-refractivity contribution in [1.29, 1.82) is 0 Å². The van der Waals surface area contributed by atoms with Gasteiger partial charge in [0.05, 0.1) is 0 Å². The van der Waals surface area contributed by atoms with Crippen LogP contribution in [0.4, 0.5) is 0 Å². The predicted molar refractivity (Wildman–Crippen MR) is 106 cm³/mol. The fourth-order valence-electron chi connectivity index (χ4n) is 4.28. The number of nitrogens with one attached hydrogen (secondary N) is 1. The molecule has 3 rings (SSSR count). The molecule has 2 saturated heterocycles. The maximum absolute atomic E-state index is 12.0. The van der Waals surface area contributed by atoms with Crippen LogP contribution in [-0.4, -0.2) is 85.5 Å². The maximum Gasteiger partial charge on any atom is 0.243 e. The quantitative estimate of drug-likeness (QED) is 0.459. The lowest BCUT2D eigenvalue weighted by Gasteiger charge is -2.48. The van der Waals surface area contributed by atoms with E-state index in [4.69, 9.17) is 0 Å². The van der Waals surface area contributed by atoms with Crippen LogP contribution in [0.1, 0.15) is 39.0 Å². The largest absolute Gasteiger partial charge is 0.353 e. The molecule has 1 aliphatic carbocycles. The van der Waals surface area contributed by atoms with Crippen LogP contribution in [0.5, 0.6) is 0 Å². The Hall–Kier alpha value is -1.56. The highest BCUT2D eigenvalue weighted by molar-refractivity contribution is 5.85. The molecule has 0 aromatic carbocycles. The number of nitrogens with zero attached hydrogens (tertiary/aromatic N) is 4. The van der Waals surface area contributed by atoms with Gasteiger partial charge < -0.3 is 15.1 Å². The predicted octanol–water partition coefficient (Wildman–Crippen LogP) is 1.55. The molecule has 2 heterocycles. The highest BCUT2D eigenvalue weighted by atomic mass is 16.2. The average Bonchev–Trinajstić information content (AvgIpc) is 3.45. The second-order valence-electron chi connectivity index (χ2n) is 8.41. The lowest BCUT2D eigenvalue weighted by molar-refractivity contribution is -0.127. The molecule has 3 fully saturated rings. The topological polar surface area (TPSA) is 51.2 Å². The number of piperidine rings is 2. The number of likely N-dealkylation sites (tertiary alicyclic amines) is 2. The van der Waals surface area contributed by atoms with Gasteiger partial charge in [0.15, 0.2) is 5.96 Å². The van der Waals surface area contributed by atoms with Gasteiger partial charge in [-0.25, -0.2) is 4.99 Å². The van der Waals surface area contributed by atoms with E-state index in [2.05, 4.69) is 26.7 Å². The Bertz CT molecular complexity index is 554. The Morgan fingerprint density at radius 1 is 1.23 bits per heavy atom. The summed E-state index contributed by atoms with van der Waals surface area (Å²) in [5, 5.41) is 3.42. The number of amides is 1. The van der Waals surface area contributed by atoms with E-state index in [0.717, 1.165) is 42.6 Å². The van der Waals surface area contributed by atoms with Crippen LogP contribution >= 0.6 is 0 Å². The molecule has 6 heteroatoms. The Balaban J connectivity index is 1.65. The third-order valence-electron chi connectivity index (χ3n) is 5.84. The van der Waals surface area contributed by atoms with Gasteiger partial charge in [0, 0.05) is 45.8 Å². The van der Waals surface area contributed by atoms with Gasteiger partial charge in [0.1, 0.15) is 6.54 Å². The minimum atomic E-state index is 0.0343. The summed E-state index contributed by atoms with van der Waals surface area (Å²) < 4.78 is 0. The lowest BCUT2D eigenvalue weighted by Crippen LogP contribution is -2.57. The minimum absolute atomic E-state index is 0.0343. The molecular weight excluding hydrogens is 326 g/mol. The molecule has 1 amide bonds. The zero-order valence-corrected chi connectivity index (χ0v) is 16.7. The molecule has 0 spiro atoms. The molecule has 0 radical (unpaired) electrons. The first-order chi connectivity index (χ1) is 12.5. The SMILES string of the molecule is C=C(C)CNC(=NCC(=O)N(C)C)N1CCC2C(CCCN2C2CC2)C1. The first-order valence-electron chi connectivity index (χ1n) is 10.1. The van der Waals surface area contributed by atoms with Gasteiger partial charge in [-0.15, -0.1) is 0 Å². The number of rotatable bonds is 5. The Labute approximate surface area is 158 Å². The van der Waals surface area contributed by atoms with Crippen LogP contribution in [-0.2, 0) is 4.79 Å². The summed E-state index contributed by atoms with van der Waals surface area (Å²) >= 11 is 0. The van der Waals surface area contributed by atoms with Gasteiger partial charge in [-0.1, -0.05) is 12.2 Å². The second kappa shape index (κ2) is 8.42. The standard InChI is InChI=1S/C20H35N5O/c1-15(2)12-21-20(22-13-19(26)23(3)4)24-11-9-18-16(14-24)6-5-10-25(18)17-7-8-17/h16-18H,1,5-14H2,2-4H3,(H,21,22). The number of carbonyl (C=O) groups is 1. The smallest absolute Gasteiger partial charge is 0.243 e. The third kappa shape index (κ3) is 4.78.